The van der Waals surface area contributed by atoms with E-state index in [1.807, 2.05) is 0 Å². The number of nitrogens with one attached hydrogen (secondary N) is 1. The number of benzene rings is 2. The number of amides is 1. The summed E-state index contributed by atoms with van der Waals surface area (Å²) in [5, 5.41) is 11.5. The van der Waals surface area contributed by atoms with Gasteiger partial charge in [0, 0.05) is 5.69 Å². The van der Waals surface area contributed by atoms with Crippen LogP contribution in [0.3, 0.4) is 0 Å². The van der Waals surface area contributed by atoms with E-state index in [0.717, 1.165) is 0 Å². The van der Waals surface area contributed by atoms with Crippen molar-refractivity contribution in [3.8, 4) is 0 Å². The first-order valence-electron chi connectivity index (χ1n) is 6.83. The van der Waals surface area contributed by atoms with Crippen LogP contribution in [0.2, 0.25) is 0 Å². The third-order valence-electron chi connectivity index (χ3n) is 3.62. The second-order valence-electron chi connectivity index (χ2n) is 5.31. The number of carbonyl (C=O) groups excluding carboxylic acids is 1. The van der Waals surface area contributed by atoms with E-state index >= 15 is 0 Å². The number of rotatable bonds is 4. The zero-order valence-electron chi connectivity index (χ0n) is 11.9. The molecular weight excluding hydrogens is 318 g/mol. The van der Waals surface area contributed by atoms with Gasteiger partial charge in [0.15, 0.2) is 9.84 Å². The number of aromatic carboxylic acids is 1. The summed E-state index contributed by atoms with van der Waals surface area (Å²) in [7, 11) is -3.57. The molecule has 0 bridgehead atoms. The second-order valence-corrected chi connectivity index (χ2v) is 7.29. The van der Waals surface area contributed by atoms with Gasteiger partial charge in [-0.15, -0.1) is 0 Å². The Hall–Kier alpha value is -2.67. The zero-order valence-corrected chi connectivity index (χ0v) is 12.8. The zero-order chi connectivity index (χ0) is 16.6. The van der Waals surface area contributed by atoms with E-state index in [2.05, 4.69) is 5.32 Å². The number of carbonyl (C=O) groups is 2. The highest BCUT2D eigenvalue weighted by Gasteiger charge is 2.22. The Morgan fingerprint density at radius 3 is 2.48 bits per heavy atom. The second kappa shape index (κ2) is 5.51. The lowest BCUT2D eigenvalue weighted by molar-refractivity contribution is -0.115. The highest BCUT2D eigenvalue weighted by atomic mass is 32.2. The summed E-state index contributed by atoms with van der Waals surface area (Å²) in [5.41, 5.74) is 1.91. The number of fused-ring (bicyclic) bond motifs is 1. The fraction of sp³-hybridized carbons (Fsp3) is 0.125. The van der Waals surface area contributed by atoms with Gasteiger partial charge in [-0.2, -0.15) is 0 Å². The van der Waals surface area contributed by atoms with Gasteiger partial charge in [-0.05, 0) is 41.5 Å². The van der Waals surface area contributed by atoms with E-state index in [0.29, 0.717) is 16.8 Å². The third-order valence-corrected chi connectivity index (χ3v) is 5.30. The minimum atomic E-state index is -3.57. The normalized spacial score (nSPS) is 13.5. The summed E-state index contributed by atoms with van der Waals surface area (Å²) < 4.78 is 25.0. The van der Waals surface area contributed by atoms with E-state index < -0.39 is 15.8 Å². The Morgan fingerprint density at radius 1 is 1.13 bits per heavy atom. The van der Waals surface area contributed by atoms with Crippen LogP contribution in [0.25, 0.3) is 0 Å². The predicted molar refractivity (Wildman–Crippen MR) is 83.1 cm³/mol. The van der Waals surface area contributed by atoms with E-state index in [4.69, 9.17) is 5.11 Å². The molecule has 0 fully saturated rings. The number of carboxylic acids is 1. The van der Waals surface area contributed by atoms with E-state index in [1.54, 1.807) is 6.07 Å². The van der Waals surface area contributed by atoms with Crippen LogP contribution in [0.1, 0.15) is 21.5 Å². The van der Waals surface area contributed by atoms with Crippen molar-refractivity contribution < 1.29 is 23.1 Å². The van der Waals surface area contributed by atoms with Crippen LogP contribution in [0, 0.1) is 0 Å². The summed E-state index contributed by atoms with van der Waals surface area (Å²) in [5.74, 6) is -1.44. The number of anilines is 1. The van der Waals surface area contributed by atoms with Gasteiger partial charge in [0.25, 0.3) is 0 Å². The van der Waals surface area contributed by atoms with Crippen molar-refractivity contribution in [1.29, 1.82) is 0 Å². The maximum absolute atomic E-state index is 12.5. The molecule has 0 radical (unpaired) electrons. The summed E-state index contributed by atoms with van der Waals surface area (Å²) in [6, 6.07) is 10.3. The minimum Gasteiger partial charge on any atom is -0.478 e. The van der Waals surface area contributed by atoms with Crippen molar-refractivity contribution in [1.82, 2.24) is 0 Å². The average molecular weight is 331 g/mol. The molecule has 0 spiro atoms. The van der Waals surface area contributed by atoms with Gasteiger partial charge in [-0.1, -0.05) is 12.1 Å². The molecule has 0 aromatic heterocycles. The fourth-order valence-corrected chi connectivity index (χ4v) is 3.84. The Labute approximate surface area is 132 Å². The van der Waals surface area contributed by atoms with Gasteiger partial charge in [-0.3, -0.25) is 4.79 Å². The Morgan fingerprint density at radius 2 is 1.83 bits per heavy atom. The molecular formula is C16H13NO5S. The monoisotopic (exact) mass is 331 g/mol. The van der Waals surface area contributed by atoms with Gasteiger partial charge in [-0.25, -0.2) is 13.2 Å². The maximum Gasteiger partial charge on any atom is 0.335 e. The molecule has 118 valence electrons. The molecule has 1 amide bonds. The maximum atomic E-state index is 12.5. The van der Waals surface area contributed by atoms with Crippen molar-refractivity contribution in [2.45, 2.75) is 17.1 Å². The molecule has 0 unspecified atom stereocenters. The molecule has 2 N–H and O–H groups in total. The van der Waals surface area contributed by atoms with Gasteiger partial charge in [0.1, 0.15) is 0 Å². The topological polar surface area (TPSA) is 101 Å². The van der Waals surface area contributed by atoms with Crippen LogP contribution in [0.15, 0.2) is 47.4 Å². The van der Waals surface area contributed by atoms with Crippen LogP contribution in [0.5, 0.6) is 0 Å². The quantitative estimate of drug-likeness (QED) is 0.890. The highest BCUT2D eigenvalue weighted by molar-refractivity contribution is 7.90. The van der Waals surface area contributed by atoms with E-state index in [-0.39, 0.29) is 28.5 Å². The van der Waals surface area contributed by atoms with Crippen LogP contribution in [-0.2, 0) is 26.8 Å². The molecule has 1 heterocycles. The smallest absolute Gasteiger partial charge is 0.335 e. The van der Waals surface area contributed by atoms with Crippen LogP contribution in [0.4, 0.5) is 5.69 Å². The van der Waals surface area contributed by atoms with Crippen molar-refractivity contribution in [3.05, 3.63) is 59.2 Å². The van der Waals surface area contributed by atoms with Crippen LogP contribution >= 0.6 is 0 Å². The van der Waals surface area contributed by atoms with Gasteiger partial charge in [0.05, 0.1) is 22.6 Å². The standard InChI is InChI=1S/C16H13NO5S/c18-15-8-12-7-13(5-6-14(12)17-15)23(21,22)9-10-1-3-11(4-2-10)16(19)20/h1-7H,8-9H2,(H,17,18)(H,19,20). The fourth-order valence-electron chi connectivity index (χ4n) is 2.45. The molecule has 0 saturated heterocycles. The average Bonchev–Trinajstić information content (AvgIpc) is 2.86. The molecule has 0 aliphatic carbocycles. The molecule has 2 aromatic carbocycles. The molecule has 1 aliphatic heterocycles. The van der Waals surface area contributed by atoms with Crippen LogP contribution in [-0.4, -0.2) is 25.4 Å². The predicted octanol–water partition coefficient (Wildman–Crippen LogP) is 1.85. The van der Waals surface area contributed by atoms with Gasteiger partial charge >= 0.3 is 5.97 Å². The SMILES string of the molecule is O=C1Cc2cc(S(=O)(=O)Cc3ccc(C(=O)O)cc3)ccc2N1. The number of hydrogen-bond donors (Lipinski definition) is 2. The minimum absolute atomic E-state index is 0.105. The Kier molecular flexibility index (Phi) is 3.65. The van der Waals surface area contributed by atoms with E-state index in [1.165, 1.54) is 36.4 Å². The molecule has 3 rings (SSSR count). The lowest BCUT2D eigenvalue weighted by Crippen LogP contribution is -2.06. The number of carboxylic acid groups (broad SMARTS) is 1. The molecule has 23 heavy (non-hydrogen) atoms. The summed E-state index contributed by atoms with van der Waals surface area (Å²) in [6.07, 6.45) is 0.173. The lowest BCUT2D eigenvalue weighted by Gasteiger charge is -2.07. The Balaban J connectivity index is 1.86. The van der Waals surface area contributed by atoms with Crippen molar-refractivity contribution in [2.24, 2.45) is 0 Å². The Bertz CT molecular complexity index is 901. The summed E-state index contributed by atoms with van der Waals surface area (Å²) >= 11 is 0. The number of hydrogen-bond acceptors (Lipinski definition) is 4. The molecule has 1 aliphatic rings. The molecule has 6 nitrogen and oxygen atoms in total. The van der Waals surface area contributed by atoms with Crippen molar-refractivity contribution in [3.63, 3.8) is 0 Å². The summed E-state index contributed by atoms with van der Waals surface area (Å²) in [6.45, 7) is 0. The first-order chi connectivity index (χ1) is 10.8. The first-order valence-corrected chi connectivity index (χ1v) is 8.48. The van der Waals surface area contributed by atoms with E-state index in [9.17, 15) is 18.0 Å². The molecule has 7 heteroatoms. The largest absolute Gasteiger partial charge is 0.478 e. The highest BCUT2D eigenvalue weighted by Crippen LogP contribution is 2.27. The number of sulfone groups is 1. The first kappa shape index (κ1) is 15.2. The van der Waals surface area contributed by atoms with Crippen molar-refractivity contribution >= 4 is 27.4 Å². The van der Waals surface area contributed by atoms with Gasteiger partial charge in [0.2, 0.25) is 5.91 Å². The van der Waals surface area contributed by atoms with Gasteiger partial charge < -0.3 is 10.4 Å². The lowest BCUT2D eigenvalue weighted by atomic mass is 10.1. The third kappa shape index (κ3) is 3.09. The van der Waals surface area contributed by atoms with Crippen LogP contribution < -0.4 is 5.32 Å². The molecule has 2 aromatic rings. The van der Waals surface area contributed by atoms with Crippen molar-refractivity contribution in [2.75, 3.05) is 5.32 Å². The molecule has 0 atom stereocenters. The molecule has 0 saturated carbocycles. The summed E-state index contributed by atoms with van der Waals surface area (Å²) in [4.78, 5) is 22.3.